The number of ketones is 2. The lowest BCUT2D eigenvalue weighted by Crippen LogP contribution is -2.34. The Morgan fingerprint density at radius 2 is 1.30 bits per heavy atom. The number of hydrogen-bond donors (Lipinski definition) is 1. The third kappa shape index (κ3) is 9.55. The van der Waals surface area contributed by atoms with Crippen molar-refractivity contribution >= 4 is 77.5 Å². The fourth-order valence-corrected chi connectivity index (χ4v) is 10.3. The van der Waals surface area contributed by atoms with Gasteiger partial charge in [0.1, 0.15) is 29.4 Å². The molecule has 0 aliphatic heterocycles. The Kier molecular flexibility index (Phi) is 12.6. The van der Waals surface area contributed by atoms with Crippen LogP contribution in [0.15, 0.2) is 138 Å². The number of carbonyl (C=O) groups is 2. The molecule has 1 N–H and O–H groups in total. The molecule has 67 heavy (non-hydrogen) atoms. The van der Waals surface area contributed by atoms with Crippen molar-refractivity contribution in [2.45, 2.75) is 61.7 Å². The average Bonchev–Trinajstić information content (AvgIpc) is 3.93. The van der Waals surface area contributed by atoms with Crippen molar-refractivity contribution in [1.82, 2.24) is 28.7 Å². The molecule has 344 valence electrons. The maximum absolute atomic E-state index is 14.4. The molecule has 0 aliphatic carbocycles. The van der Waals surface area contributed by atoms with Crippen LogP contribution in [0.1, 0.15) is 83.5 Å². The zero-order valence-corrected chi connectivity index (χ0v) is 40.2. The van der Waals surface area contributed by atoms with Gasteiger partial charge in [-0.15, -0.1) is 0 Å². The van der Waals surface area contributed by atoms with E-state index in [1.807, 2.05) is 34.6 Å². The number of fused-ring (bicyclic) bond motifs is 2. The summed E-state index contributed by atoms with van der Waals surface area (Å²) in [5.41, 5.74) is 2.89. The second-order valence-electron chi connectivity index (χ2n) is 17.5. The number of ether oxygens (including phenoxy) is 1. The predicted molar refractivity (Wildman–Crippen MR) is 256 cm³/mol. The number of nitrogens with zero attached hydrogens (tertiary/aromatic N) is 7. The summed E-state index contributed by atoms with van der Waals surface area (Å²) < 4.78 is 68.2. The van der Waals surface area contributed by atoms with Gasteiger partial charge in [-0.3, -0.25) is 14.3 Å². The van der Waals surface area contributed by atoms with Crippen molar-refractivity contribution in [2.24, 2.45) is 0 Å². The molecule has 0 radical (unpaired) electrons. The normalized spacial score (nSPS) is 12.4. The predicted octanol–water partition coefficient (Wildman–Crippen LogP) is 8.96. The van der Waals surface area contributed by atoms with Gasteiger partial charge in [0.2, 0.25) is 11.6 Å². The minimum Gasteiger partial charge on any atom is -0.363 e. The molecule has 6 aromatic heterocycles. The highest BCUT2D eigenvalue weighted by molar-refractivity contribution is 7.93. The highest BCUT2D eigenvalue weighted by Crippen LogP contribution is 2.34. The third-order valence-electron chi connectivity index (χ3n) is 11.3. The van der Waals surface area contributed by atoms with Crippen LogP contribution in [0.2, 0.25) is 10.0 Å². The van der Waals surface area contributed by atoms with E-state index in [0.717, 1.165) is 21.1 Å². The molecule has 0 spiro atoms. The van der Waals surface area contributed by atoms with Gasteiger partial charge in [-0.05, 0) is 89.0 Å². The largest absolute Gasteiger partial charge is 0.363 e. The minimum atomic E-state index is -4.27. The summed E-state index contributed by atoms with van der Waals surface area (Å²) >= 11 is 12.6. The molecule has 0 fully saturated rings. The van der Waals surface area contributed by atoms with Crippen molar-refractivity contribution in [2.75, 3.05) is 22.9 Å². The Morgan fingerprint density at radius 1 is 0.701 bits per heavy atom. The molecule has 6 heterocycles. The van der Waals surface area contributed by atoms with E-state index in [1.54, 1.807) is 88.3 Å². The third-order valence-corrected chi connectivity index (χ3v) is 14.8. The standard InChI is InChI=1S/C48H44Cl2N8O7S2/c1-47(2,3)32-9-15-38(16-10-32)67(63,64)58(29-65-6)40-22-35(50)25-54-44(40)46(60)31-8-18-42-52-26-36(57(42)28-31)23-48(4,5)33-11-13-37(14-12-33)66(61,62)55-39-21-34(49)24-53-43(39)45(59)30-7-17-41-51-19-20-56(41)27-30/h7-22,24-28,55H,23,29H2,1-6H3. The Hall–Kier alpha value is -6.50. The van der Waals surface area contributed by atoms with Crippen LogP contribution < -0.4 is 9.03 Å². The Labute approximate surface area is 397 Å². The lowest BCUT2D eigenvalue weighted by atomic mass is 9.80. The van der Waals surface area contributed by atoms with E-state index >= 15 is 0 Å². The highest BCUT2D eigenvalue weighted by atomic mass is 35.5. The van der Waals surface area contributed by atoms with E-state index < -0.39 is 43.8 Å². The molecule has 19 heteroatoms. The number of sulfonamides is 2. The van der Waals surface area contributed by atoms with Gasteiger partial charge in [0.15, 0.2) is 0 Å². The molecular formula is C48H44Cl2N8O7S2. The summed E-state index contributed by atoms with van der Waals surface area (Å²) in [7, 11) is -7.16. The van der Waals surface area contributed by atoms with Gasteiger partial charge in [-0.25, -0.2) is 41.1 Å². The SMILES string of the molecule is COCN(c1cc(Cl)cnc1C(=O)c1ccc2ncc(CC(C)(C)c3ccc(S(=O)(=O)Nc4cc(Cl)cnc4C(=O)c4ccc5nccn5c4)cc3)n2c1)S(=O)(=O)c1ccc(C(C)(C)C)cc1. The van der Waals surface area contributed by atoms with Gasteiger partial charge in [0.25, 0.3) is 20.0 Å². The smallest absolute Gasteiger partial charge is 0.266 e. The number of halogens is 2. The van der Waals surface area contributed by atoms with Gasteiger partial charge < -0.3 is 13.5 Å². The maximum Gasteiger partial charge on any atom is 0.266 e. The van der Waals surface area contributed by atoms with Crippen LogP contribution in [0, 0.1) is 0 Å². The second kappa shape index (κ2) is 18.0. The van der Waals surface area contributed by atoms with Crippen LogP contribution in [0.3, 0.4) is 0 Å². The summed E-state index contributed by atoms with van der Waals surface area (Å²) in [4.78, 5) is 45.2. The first-order valence-electron chi connectivity index (χ1n) is 20.7. The molecular weight excluding hydrogens is 936 g/mol. The van der Waals surface area contributed by atoms with Gasteiger partial charge in [-0.1, -0.05) is 82.1 Å². The number of benzene rings is 2. The van der Waals surface area contributed by atoms with Crippen molar-refractivity contribution in [3.05, 3.63) is 178 Å². The number of rotatable bonds is 15. The topological polar surface area (TPSA) is 187 Å². The van der Waals surface area contributed by atoms with E-state index in [1.165, 1.54) is 55.9 Å². The fourth-order valence-electron chi connectivity index (χ4n) is 7.60. The van der Waals surface area contributed by atoms with Crippen molar-refractivity contribution in [3.63, 3.8) is 0 Å². The second-order valence-corrected chi connectivity index (χ2v) is 21.9. The van der Waals surface area contributed by atoms with Crippen molar-refractivity contribution in [1.29, 1.82) is 0 Å². The monoisotopic (exact) mass is 978 g/mol. The minimum absolute atomic E-state index is 0.00538. The molecule has 2 aromatic carbocycles. The van der Waals surface area contributed by atoms with Crippen LogP contribution in [0.25, 0.3) is 11.3 Å². The first kappa shape index (κ1) is 47.0. The summed E-state index contributed by atoms with van der Waals surface area (Å²) in [6.45, 7) is 9.63. The van der Waals surface area contributed by atoms with Crippen molar-refractivity contribution in [3.8, 4) is 0 Å². The van der Waals surface area contributed by atoms with E-state index in [0.29, 0.717) is 17.7 Å². The molecule has 15 nitrogen and oxygen atoms in total. The number of imidazole rings is 2. The van der Waals surface area contributed by atoms with E-state index in [-0.39, 0.29) is 59.1 Å². The van der Waals surface area contributed by atoms with E-state index in [4.69, 9.17) is 27.9 Å². The Balaban J connectivity index is 1.04. The van der Waals surface area contributed by atoms with Crippen LogP contribution in [0.4, 0.5) is 11.4 Å². The zero-order valence-electron chi connectivity index (χ0n) is 37.1. The van der Waals surface area contributed by atoms with Gasteiger partial charge in [-0.2, -0.15) is 0 Å². The summed E-state index contributed by atoms with van der Waals surface area (Å²) in [6, 6.07) is 22.2. The molecule has 8 aromatic rings. The molecule has 0 aliphatic rings. The van der Waals surface area contributed by atoms with E-state index in [2.05, 4.69) is 24.7 Å². The Bertz CT molecular complexity index is 3440. The lowest BCUT2D eigenvalue weighted by molar-refractivity contribution is 0.102. The molecule has 0 amide bonds. The number of anilines is 2. The van der Waals surface area contributed by atoms with Crippen LogP contribution in [-0.4, -0.2) is 71.0 Å². The van der Waals surface area contributed by atoms with Gasteiger partial charge in [0, 0.05) is 67.3 Å². The number of nitrogens with one attached hydrogen (secondary N) is 1. The fraction of sp³-hybridized carbons (Fsp3) is 0.208. The first-order chi connectivity index (χ1) is 31.7. The zero-order chi connectivity index (χ0) is 48.1. The Morgan fingerprint density at radius 3 is 1.97 bits per heavy atom. The summed E-state index contributed by atoms with van der Waals surface area (Å²) in [5, 5.41) is 0.242. The molecule has 0 atom stereocenters. The first-order valence-corrected chi connectivity index (χ1v) is 24.4. The van der Waals surface area contributed by atoms with Crippen LogP contribution in [0.5, 0.6) is 0 Å². The summed E-state index contributed by atoms with van der Waals surface area (Å²) in [6.07, 6.45) is 11.1. The molecule has 0 saturated carbocycles. The number of pyridine rings is 4. The van der Waals surface area contributed by atoms with Crippen LogP contribution >= 0.6 is 23.2 Å². The molecule has 0 unspecified atom stereocenters. The average molecular weight is 980 g/mol. The van der Waals surface area contributed by atoms with E-state index in [9.17, 15) is 26.4 Å². The molecule has 0 bridgehead atoms. The lowest BCUT2D eigenvalue weighted by Gasteiger charge is -2.26. The number of methoxy groups -OCH3 is 1. The molecule has 8 rings (SSSR count). The van der Waals surface area contributed by atoms with Gasteiger partial charge >= 0.3 is 0 Å². The summed E-state index contributed by atoms with van der Waals surface area (Å²) in [5.74, 6) is -1.09. The van der Waals surface area contributed by atoms with Crippen molar-refractivity contribution < 1.29 is 31.2 Å². The number of aromatic nitrogens is 6. The highest BCUT2D eigenvalue weighted by Gasteiger charge is 2.32. The quantitative estimate of drug-likeness (QED) is 0.0763. The van der Waals surface area contributed by atoms with Gasteiger partial charge in [0.05, 0.1) is 31.2 Å². The maximum atomic E-state index is 14.4. The number of hydrogen-bond acceptors (Lipinski definition) is 11. The number of carbonyl (C=O) groups excluding carboxylic acids is 2. The van der Waals surface area contributed by atoms with Crippen LogP contribution in [-0.2, 0) is 42.0 Å². The molecule has 0 saturated heterocycles.